The number of carbonyl (C=O) groups excluding carboxylic acids is 1. The highest BCUT2D eigenvalue weighted by atomic mass is 32.2. The van der Waals surface area contributed by atoms with Crippen LogP contribution in [0.3, 0.4) is 0 Å². The number of sulfone groups is 1. The molecule has 21 heavy (non-hydrogen) atoms. The standard InChI is InChI=1S/C15H21NO4S/c1-20-15(17)11-3-5-12(6-4-11)16-13-7-9-14(10-8-13)21(2,18)19/h7-12,16H,3-6H2,1-2H3. The first-order valence-corrected chi connectivity index (χ1v) is 8.94. The first-order valence-electron chi connectivity index (χ1n) is 7.04. The van der Waals surface area contributed by atoms with Crippen LogP contribution >= 0.6 is 0 Å². The van der Waals surface area contributed by atoms with E-state index in [-0.39, 0.29) is 11.9 Å². The molecule has 0 saturated heterocycles. The Morgan fingerprint density at radius 2 is 1.71 bits per heavy atom. The van der Waals surface area contributed by atoms with Crippen LogP contribution in [-0.4, -0.2) is 33.8 Å². The summed E-state index contributed by atoms with van der Waals surface area (Å²) in [6.07, 6.45) is 4.67. The number of esters is 1. The van der Waals surface area contributed by atoms with Crippen molar-refractivity contribution < 1.29 is 17.9 Å². The Morgan fingerprint density at radius 1 is 1.14 bits per heavy atom. The van der Waals surface area contributed by atoms with E-state index in [9.17, 15) is 13.2 Å². The van der Waals surface area contributed by atoms with Crippen molar-refractivity contribution in [2.45, 2.75) is 36.6 Å². The summed E-state index contributed by atoms with van der Waals surface area (Å²) < 4.78 is 27.6. The highest BCUT2D eigenvalue weighted by molar-refractivity contribution is 7.90. The lowest BCUT2D eigenvalue weighted by Crippen LogP contribution is -2.29. The first kappa shape index (κ1) is 15.8. The van der Waals surface area contributed by atoms with E-state index in [0.29, 0.717) is 10.9 Å². The van der Waals surface area contributed by atoms with E-state index < -0.39 is 9.84 Å². The second kappa shape index (κ2) is 6.47. The molecule has 1 aromatic rings. The van der Waals surface area contributed by atoms with Crippen LogP contribution in [0.2, 0.25) is 0 Å². The van der Waals surface area contributed by atoms with E-state index >= 15 is 0 Å². The molecule has 5 nitrogen and oxygen atoms in total. The zero-order chi connectivity index (χ0) is 15.5. The number of hydrogen-bond acceptors (Lipinski definition) is 5. The van der Waals surface area contributed by atoms with Crippen LogP contribution in [0.15, 0.2) is 29.2 Å². The molecule has 2 rings (SSSR count). The molecule has 0 aromatic heterocycles. The van der Waals surface area contributed by atoms with E-state index in [0.717, 1.165) is 31.4 Å². The van der Waals surface area contributed by atoms with Crippen molar-refractivity contribution in [3.05, 3.63) is 24.3 Å². The molecule has 0 bridgehead atoms. The number of ether oxygens (including phenoxy) is 1. The Bertz CT molecular complexity index is 587. The monoisotopic (exact) mass is 311 g/mol. The Kier molecular flexibility index (Phi) is 4.88. The fourth-order valence-corrected chi connectivity index (χ4v) is 3.30. The second-order valence-electron chi connectivity index (χ2n) is 5.51. The zero-order valence-corrected chi connectivity index (χ0v) is 13.2. The van der Waals surface area contributed by atoms with Gasteiger partial charge < -0.3 is 10.1 Å². The minimum Gasteiger partial charge on any atom is -0.469 e. The number of benzene rings is 1. The van der Waals surface area contributed by atoms with E-state index in [1.807, 2.05) is 0 Å². The van der Waals surface area contributed by atoms with Crippen molar-refractivity contribution in [1.29, 1.82) is 0 Å². The van der Waals surface area contributed by atoms with Gasteiger partial charge in [-0.3, -0.25) is 4.79 Å². The van der Waals surface area contributed by atoms with E-state index in [4.69, 9.17) is 4.74 Å². The molecule has 1 fully saturated rings. The van der Waals surface area contributed by atoms with Crippen molar-refractivity contribution in [3.63, 3.8) is 0 Å². The largest absolute Gasteiger partial charge is 0.469 e. The van der Waals surface area contributed by atoms with Gasteiger partial charge in [0.05, 0.1) is 17.9 Å². The van der Waals surface area contributed by atoms with Crippen LogP contribution in [0.25, 0.3) is 0 Å². The smallest absolute Gasteiger partial charge is 0.308 e. The van der Waals surface area contributed by atoms with Crippen molar-refractivity contribution >= 4 is 21.5 Å². The number of nitrogens with one attached hydrogen (secondary N) is 1. The molecule has 0 heterocycles. The average molecular weight is 311 g/mol. The molecule has 1 N–H and O–H groups in total. The van der Waals surface area contributed by atoms with E-state index in [1.54, 1.807) is 24.3 Å². The van der Waals surface area contributed by atoms with Crippen LogP contribution in [-0.2, 0) is 19.4 Å². The third-order valence-electron chi connectivity index (χ3n) is 3.91. The molecule has 0 radical (unpaired) electrons. The van der Waals surface area contributed by atoms with Crippen molar-refractivity contribution in [2.75, 3.05) is 18.7 Å². The molecule has 116 valence electrons. The maximum atomic E-state index is 11.5. The highest BCUT2D eigenvalue weighted by Gasteiger charge is 2.26. The van der Waals surface area contributed by atoms with Crippen molar-refractivity contribution in [1.82, 2.24) is 0 Å². The van der Waals surface area contributed by atoms with Gasteiger partial charge in [-0.15, -0.1) is 0 Å². The predicted octanol–water partition coefficient (Wildman–Crippen LogP) is 2.23. The summed E-state index contributed by atoms with van der Waals surface area (Å²) in [5.41, 5.74) is 0.906. The fraction of sp³-hybridized carbons (Fsp3) is 0.533. The molecular formula is C15H21NO4S. The Labute approximate surface area is 125 Å². The molecule has 0 atom stereocenters. The molecule has 0 unspecified atom stereocenters. The lowest BCUT2D eigenvalue weighted by Gasteiger charge is -2.28. The van der Waals surface area contributed by atoms with Gasteiger partial charge >= 0.3 is 5.97 Å². The van der Waals surface area contributed by atoms with E-state index in [1.165, 1.54) is 13.4 Å². The Hall–Kier alpha value is -1.56. The fourth-order valence-electron chi connectivity index (χ4n) is 2.67. The third kappa shape index (κ3) is 4.20. The summed E-state index contributed by atoms with van der Waals surface area (Å²) in [4.78, 5) is 11.8. The third-order valence-corrected chi connectivity index (χ3v) is 5.04. The van der Waals surface area contributed by atoms with Crippen molar-refractivity contribution in [3.8, 4) is 0 Å². The average Bonchev–Trinajstić information content (AvgIpc) is 2.47. The molecule has 0 spiro atoms. The summed E-state index contributed by atoms with van der Waals surface area (Å²) in [7, 11) is -1.72. The van der Waals surface area contributed by atoms with Crippen LogP contribution in [0.4, 0.5) is 5.69 Å². The molecule has 1 aromatic carbocycles. The minimum absolute atomic E-state index is 0.0145. The SMILES string of the molecule is COC(=O)C1CCC(Nc2ccc(S(C)(=O)=O)cc2)CC1. The quantitative estimate of drug-likeness (QED) is 0.863. The van der Waals surface area contributed by atoms with Crippen LogP contribution in [0, 0.1) is 5.92 Å². The topological polar surface area (TPSA) is 72.5 Å². The Morgan fingerprint density at radius 3 is 2.19 bits per heavy atom. The number of carbonyl (C=O) groups is 1. The van der Waals surface area contributed by atoms with Gasteiger partial charge in [0.15, 0.2) is 9.84 Å². The van der Waals surface area contributed by atoms with Crippen LogP contribution in [0.5, 0.6) is 0 Å². The van der Waals surface area contributed by atoms with Crippen molar-refractivity contribution in [2.24, 2.45) is 5.92 Å². The van der Waals surface area contributed by atoms with Gasteiger partial charge in [-0.2, -0.15) is 0 Å². The lowest BCUT2D eigenvalue weighted by molar-refractivity contribution is -0.146. The molecule has 6 heteroatoms. The Balaban J connectivity index is 1.90. The lowest BCUT2D eigenvalue weighted by atomic mass is 9.86. The number of hydrogen-bond donors (Lipinski definition) is 1. The highest BCUT2D eigenvalue weighted by Crippen LogP contribution is 2.27. The molecule has 0 amide bonds. The van der Waals surface area contributed by atoms with E-state index in [2.05, 4.69) is 5.32 Å². The van der Waals surface area contributed by atoms with Crippen LogP contribution < -0.4 is 5.32 Å². The summed E-state index contributed by atoms with van der Waals surface area (Å²) >= 11 is 0. The van der Waals surface area contributed by atoms with Gasteiger partial charge in [-0.05, 0) is 49.9 Å². The molecule has 1 saturated carbocycles. The number of anilines is 1. The second-order valence-corrected chi connectivity index (χ2v) is 7.53. The van der Waals surface area contributed by atoms with Gasteiger partial charge in [-0.25, -0.2) is 8.42 Å². The van der Waals surface area contributed by atoms with Gasteiger partial charge in [0, 0.05) is 18.0 Å². The number of rotatable bonds is 4. The summed E-state index contributed by atoms with van der Waals surface area (Å²) in [6.45, 7) is 0. The molecule has 1 aliphatic rings. The summed E-state index contributed by atoms with van der Waals surface area (Å²) in [5.74, 6) is -0.105. The molecule has 0 aliphatic heterocycles. The molecule has 1 aliphatic carbocycles. The minimum atomic E-state index is -3.15. The normalized spacial score (nSPS) is 22.6. The van der Waals surface area contributed by atoms with Crippen LogP contribution in [0.1, 0.15) is 25.7 Å². The summed E-state index contributed by atoms with van der Waals surface area (Å²) in [5, 5.41) is 3.39. The maximum absolute atomic E-state index is 11.5. The predicted molar refractivity (Wildman–Crippen MR) is 80.9 cm³/mol. The number of methoxy groups -OCH3 is 1. The van der Waals surface area contributed by atoms with Gasteiger partial charge in [0.2, 0.25) is 0 Å². The van der Waals surface area contributed by atoms with Gasteiger partial charge in [-0.1, -0.05) is 0 Å². The van der Waals surface area contributed by atoms with Gasteiger partial charge in [0.25, 0.3) is 0 Å². The maximum Gasteiger partial charge on any atom is 0.308 e. The van der Waals surface area contributed by atoms with Gasteiger partial charge in [0.1, 0.15) is 0 Å². The first-order chi connectivity index (χ1) is 9.90. The molecular weight excluding hydrogens is 290 g/mol. The zero-order valence-electron chi connectivity index (χ0n) is 12.3. The summed E-state index contributed by atoms with van der Waals surface area (Å²) in [6, 6.07) is 7.09.